The maximum absolute atomic E-state index is 11.9. The van der Waals surface area contributed by atoms with Crippen LogP contribution in [-0.4, -0.2) is 39.9 Å². The largest absolute Gasteiger partial charge is 0.369 e. The Morgan fingerprint density at radius 2 is 2.00 bits per heavy atom. The number of rotatable bonds is 2. The van der Waals surface area contributed by atoms with Crippen molar-refractivity contribution in [2.45, 2.75) is 23.8 Å². The van der Waals surface area contributed by atoms with Gasteiger partial charge in [-0.05, 0) is 25.0 Å². The molecule has 1 aromatic carbocycles. The zero-order valence-corrected chi connectivity index (χ0v) is 13.3. The number of sulfone groups is 1. The standard InChI is InChI=1S/C13H17N3O3S2/c1-21(18,19)11-4-2-3-10-12(11)15-13(14)16(10)9-5-7-20(17)8-6-9/h2-4,9H,5-8H2,1H3,(H2,14,15). The van der Waals surface area contributed by atoms with Gasteiger partial charge in [0.1, 0.15) is 5.52 Å². The quantitative estimate of drug-likeness (QED) is 0.891. The molecule has 0 aliphatic carbocycles. The minimum atomic E-state index is -3.35. The van der Waals surface area contributed by atoms with Gasteiger partial charge in [0.15, 0.2) is 9.84 Å². The molecule has 0 unspecified atom stereocenters. The van der Waals surface area contributed by atoms with E-state index in [1.807, 2.05) is 10.6 Å². The minimum absolute atomic E-state index is 0.127. The third-order valence-electron chi connectivity index (χ3n) is 3.83. The third-order valence-corrected chi connectivity index (χ3v) is 6.34. The van der Waals surface area contributed by atoms with Gasteiger partial charge in [-0.15, -0.1) is 0 Å². The van der Waals surface area contributed by atoms with E-state index in [4.69, 9.17) is 5.73 Å². The van der Waals surface area contributed by atoms with Crippen LogP contribution in [0.15, 0.2) is 23.1 Å². The first-order valence-electron chi connectivity index (χ1n) is 6.69. The van der Waals surface area contributed by atoms with Crippen LogP contribution in [0.2, 0.25) is 0 Å². The topological polar surface area (TPSA) is 95.0 Å². The summed E-state index contributed by atoms with van der Waals surface area (Å²) in [6.07, 6.45) is 2.71. The molecule has 1 aliphatic rings. The molecule has 3 rings (SSSR count). The number of aromatic nitrogens is 2. The monoisotopic (exact) mass is 327 g/mol. The molecule has 1 fully saturated rings. The molecule has 2 heterocycles. The number of fused-ring (bicyclic) bond motifs is 1. The molecule has 0 atom stereocenters. The summed E-state index contributed by atoms with van der Waals surface area (Å²) in [5.41, 5.74) is 7.16. The summed E-state index contributed by atoms with van der Waals surface area (Å²) in [6, 6.07) is 5.21. The van der Waals surface area contributed by atoms with Crippen LogP contribution >= 0.6 is 0 Å². The first kappa shape index (κ1) is 14.5. The molecule has 1 saturated heterocycles. The van der Waals surface area contributed by atoms with Gasteiger partial charge >= 0.3 is 0 Å². The van der Waals surface area contributed by atoms with E-state index in [-0.39, 0.29) is 10.9 Å². The molecule has 1 aromatic heterocycles. The molecule has 2 aromatic rings. The number of imidazole rings is 1. The molecular formula is C13H17N3O3S2. The van der Waals surface area contributed by atoms with Crippen molar-refractivity contribution in [2.75, 3.05) is 23.5 Å². The Morgan fingerprint density at radius 1 is 1.33 bits per heavy atom. The molecule has 6 nitrogen and oxygen atoms in total. The second kappa shape index (κ2) is 5.10. The summed E-state index contributed by atoms with van der Waals surface area (Å²) in [5, 5.41) is 0. The number of nitrogens with zero attached hydrogens (tertiary/aromatic N) is 2. The molecule has 2 N–H and O–H groups in total. The van der Waals surface area contributed by atoms with E-state index in [0.29, 0.717) is 23.0 Å². The highest BCUT2D eigenvalue weighted by Crippen LogP contribution is 2.32. The maximum Gasteiger partial charge on any atom is 0.201 e. The molecule has 114 valence electrons. The lowest BCUT2D eigenvalue weighted by Gasteiger charge is -2.24. The first-order chi connectivity index (χ1) is 9.88. The predicted molar refractivity (Wildman–Crippen MR) is 83.4 cm³/mol. The normalized spacial score (nSPS) is 23.5. The Kier molecular flexibility index (Phi) is 3.53. The Morgan fingerprint density at radius 3 is 2.62 bits per heavy atom. The van der Waals surface area contributed by atoms with E-state index in [0.717, 1.165) is 18.4 Å². The van der Waals surface area contributed by atoms with Crippen LogP contribution in [-0.2, 0) is 20.6 Å². The van der Waals surface area contributed by atoms with Crippen molar-refractivity contribution in [1.82, 2.24) is 9.55 Å². The van der Waals surface area contributed by atoms with Gasteiger partial charge in [-0.1, -0.05) is 6.07 Å². The van der Waals surface area contributed by atoms with Gasteiger partial charge in [-0.2, -0.15) is 0 Å². The van der Waals surface area contributed by atoms with Crippen molar-refractivity contribution in [3.05, 3.63) is 18.2 Å². The highest BCUT2D eigenvalue weighted by molar-refractivity contribution is 7.91. The summed E-state index contributed by atoms with van der Waals surface area (Å²) in [4.78, 5) is 4.46. The van der Waals surface area contributed by atoms with Crippen LogP contribution in [0.1, 0.15) is 18.9 Å². The van der Waals surface area contributed by atoms with Gasteiger partial charge in [-0.25, -0.2) is 13.4 Å². The average molecular weight is 327 g/mol. The van der Waals surface area contributed by atoms with Gasteiger partial charge in [0.05, 0.1) is 10.4 Å². The lowest BCUT2D eigenvalue weighted by Crippen LogP contribution is -2.22. The van der Waals surface area contributed by atoms with Crippen LogP contribution in [0.5, 0.6) is 0 Å². The van der Waals surface area contributed by atoms with Crippen LogP contribution in [0.4, 0.5) is 5.95 Å². The predicted octanol–water partition coefficient (Wildman–Crippen LogP) is 1.11. The van der Waals surface area contributed by atoms with Gasteiger partial charge < -0.3 is 10.3 Å². The van der Waals surface area contributed by atoms with Crippen molar-refractivity contribution in [2.24, 2.45) is 0 Å². The van der Waals surface area contributed by atoms with Crippen molar-refractivity contribution in [3.8, 4) is 0 Å². The van der Waals surface area contributed by atoms with E-state index in [1.165, 1.54) is 6.26 Å². The number of hydrogen-bond acceptors (Lipinski definition) is 5. The molecule has 1 aliphatic heterocycles. The zero-order chi connectivity index (χ0) is 15.2. The van der Waals surface area contributed by atoms with E-state index in [1.54, 1.807) is 12.1 Å². The zero-order valence-electron chi connectivity index (χ0n) is 11.7. The minimum Gasteiger partial charge on any atom is -0.369 e. The maximum atomic E-state index is 11.9. The molecule has 0 spiro atoms. The molecule has 0 saturated carbocycles. The van der Waals surface area contributed by atoms with Crippen LogP contribution in [0.25, 0.3) is 11.0 Å². The molecular weight excluding hydrogens is 310 g/mol. The summed E-state index contributed by atoms with van der Waals surface area (Å²) >= 11 is 0. The first-order valence-corrected chi connectivity index (χ1v) is 10.1. The second-order valence-electron chi connectivity index (χ2n) is 5.32. The van der Waals surface area contributed by atoms with Gasteiger partial charge in [0.2, 0.25) is 5.95 Å². The lowest BCUT2D eigenvalue weighted by atomic mass is 10.1. The Bertz CT molecular complexity index is 817. The van der Waals surface area contributed by atoms with E-state index < -0.39 is 20.6 Å². The fourth-order valence-corrected chi connectivity index (χ4v) is 4.93. The van der Waals surface area contributed by atoms with Crippen molar-refractivity contribution >= 4 is 37.6 Å². The summed E-state index contributed by atoms with van der Waals surface area (Å²) in [5.74, 6) is 1.62. The van der Waals surface area contributed by atoms with Gasteiger partial charge in [0, 0.05) is 34.6 Å². The van der Waals surface area contributed by atoms with Crippen LogP contribution in [0.3, 0.4) is 0 Å². The Labute approximate surface area is 125 Å². The summed E-state index contributed by atoms with van der Waals surface area (Å²) in [6.45, 7) is 0. The number of nitrogen functional groups attached to an aromatic ring is 1. The number of para-hydroxylation sites is 1. The van der Waals surface area contributed by atoms with Gasteiger partial charge in [0.25, 0.3) is 0 Å². The van der Waals surface area contributed by atoms with Crippen molar-refractivity contribution in [1.29, 1.82) is 0 Å². The molecule has 0 amide bonds. The average Bonchev–Trinajstić information content (AvgIpc) is 2.74. The number of hydrogen-bond donors (Lipinski definition) is 1. The third kappa shape index (κ3) is 2.57. The van der Waals surface area contributed by atoms with E-state index >= 15 is 0 Å². The highest BCUT2D eigenvalue weighted by Gasteiger charge is 2.25. The van der Waals surface area contributed by atoms with Crippen LogP contribution < -0.4 is 5.73 Å². The number of benzene rings is 1. The summed E-state index contributed by atoms with van der Waals surface area (Å²) < 4.78 is 37.1. The van der Waals surface area contributed by atoms with E-state index in [9.17, 15) is 12.6 Å². The Hall–Kier alpha value is -1.41. The van der Waals surface area contributed by atoms with Gasteiger partial charge in [-0.3, -0.25) is 4.21 Å². The highest BCUT2D eigenvalue weighted by atomic mass is 32.2. The van der Waals surface area contributed by atoms with Crippen molar-refractivity contribution in [3.63, 3.8) is 0 Å². The molecule has 0 bridgehead atoms. The fraction of sp³-hybridized carbons (Fsp3) is 0.462. The molecule has 8 heteroatoms. The van der Waals surface area contributed by atoms with Crippen LogP contribution in [0, 0.1) is 0 Å². The molecule has 21 heavy (non-hydrogen) atoms. The lowest BCUT2D eigenvalue weighted by molar-refractivity contribution is 0.478. The summed E-state index contributed by atoms with van der Waals surface area (Å²) in [7, 11) is -4.10. The smallest absolute Gasteiger partial charge is 0.201 e. The van der Waals surface area contributed by atoms with E-state index in [2.05, 4.69) is 4.98 Å². The SMILES string of the molecule is CS(=O)(=O)c1cccc2c1nc(N)n2C1CCS(=O)CC1. The van der Waals surface area contributed by atoms with Crippen molar-refractivity contribution < 1.29 is 12.6 Å². The molecule has 0 radical (unpaired) electrons. The Balaban J connectivity index is 2.17. The number of nitrogens with two attached hydrogens (primary N) is 1. The second-order valence-corrected chi connectivity index (χ2v) is 9.00. The fourth-order valence-electron chi connectivity index (χ4n) is 2.83. The number of anilines is 1.